The fraction of sp³-hybridized carbons (Fsp3) is 0.280. The van der Waals surface area contributed by atoms with Gasteiger partial charge in [-0.05, 0) is 49.6 Å². The van der Waals surface area contributed by atoms with Crippen LogP contribution in [-0.4, -0.2) is 23.4 Å². The first-order valence-electron chi connectivity index (χ1n) is 10.6. The van der Waals surface area contributed by atoms with Gasteiger partial charge in [0.25, 0.3) is 0 Å². The number of benzene rings is 2. The zero-order valence-electron chi connectivity index (χ0n) is 17.6. The Kier molecular flexibility index (Phi) is 6.36. The van der Waals surface area contributed by atoms with Gasteiger partial charge >= 0.3 is 6.03 Å². The van der Waals surface area contributed by atoms with E-state index in [2.05, 4.69) is 22.8 Å². The van der Waals surface area contributed by atoms with Gasteiger partial charge in [0.1, 0.15) is 5.76 Å². The number of carbonyl (C=O) groups excluding carboxylic acids is 2. The van der Waals surface area contributed by atoms with Crippen LogP contribution >= 0.6 is 0 Å². The van der Waals surface area contributed by atoms with E-state index >= 15 is 0 Å². The van der Waals surface area contributed by atoms with Gasteiger partial charge in [0.2, 0.25) is 5.91 Å². The monoisotopic (exact) mass is 417 g/mol. The number of anilines is 1. The molecule has 1 saturated heterocycles. The van der Waals surface area contributed by atoms with E-state index in [1.165, 1.54) is 0 Å². The average Bonchev–Trinajstić information content (AvgIpc) is 3.31. The molecular formula is C25H27N3O3. The van der Waals surface area contributed by atoms with Crippen LogP contribution in [-0.2, 0) is 11.3 Å². The summed E-state index contributed by atoms with van der Waals surface area (Å²) in [6.45, 7) is 2.76. The molecule has 0 aliphatic carbocycles. The lowest BCUT2D eigenvalue weighted by Crippen LogP contribution is -2.48. The van der Waals surface area contributed by atoms with Crippen LogP contribution in [0.15, 0.2) is 77.4 Å². The number of urea groups is 1. The van der Waals surface area contributed by atoms with Gasteiger partial charge in [-0.25, -0.2) is 4.79 Å². The predicted molar refractivity (Wildman–Crippen MR) is 119 cm³/mol. The van der Waals surface area contributed by atoms with E-state index in [4.69, 9.17) is 4.42 Å². The minimum Gasteiger partial charge on any atom is -0.467 e. The van der Waals surface area contributed by atoms with Crippen molar-refractivity contribution in [2.75, 3.05) is 11.9 Å². The SMILES string of the molecule is Cc1cccc(C2CCC(C(=O)NCc3ccco3)CN2C(=O)Nc2ccccc2)c1. The average molecular weight is 418 g/mol. The van der Waals surface area contributed by atoms with Gasteiger partial charge in [0, 0.05) is 12.2 Å². The zero-order chi connectivity index (χ0) is 21.6. The third kappa shape index (κ3) is 5.15. The standard InChI is InChI=1S/C25H27N3O3/c1-18-7-5-8-19(15-18)23-13-12-20(24(29)26-16-22-11-6-14-31-22)17-28(23)25(30)27-21-9-3-2-4-10-21/h2-11,14-15,20,23H,12-13,16-17H2,1H3,(H,26,29)(H,27,30). The van der Waals surface area contributed by atoms with E-state index in [1.54, 1.807) is 17.2 Å². The smallest absolute Gasteiger partial charge is 0.322 e. The molecule has 0 bridgehead atoms. The highest BCUT2D eigenvalue weighted by atomic mass is 16.3. The highest BCUT2D eigenvalue weighted by Crippen LogP contribution is 2.34. The Balaban J connectivity index is 1.50. The van der Waals surface area contributed by atoms with Crippen molar-refractivity contribution in [3.05, 3.63) is 89.9 Å². The molecule has 4 rings (SSSR count). The molecule has 2 heterocycles. The summed E-state index contributed by atoms with van der Waals surface area (Å²) in [4.78, 5) is 27.8. The number of nitrogens with zero attached hydrogens (tertiary/aromatic N) is 1. The molecule has 0 radical (unpaired) electrons. The van der Waals surface area contributed by atoms with Crippen LogP contribution in [0.2, 0.25) is 0 Å². The first-order chi connectivity index (χ1) is 15.1. The number of para-hydroxylation sites is 1. The summed E-state index contributed by atoms with van der Waals surface area (Å²) >= 11 is 0. The number of nitrogens with one attached hydrogen (secondary N) is 2. The molecule has 1 aromatic heterocycles. The van der Waals surface area contributed by atoms with E-state index in [9.17, 15) is 9.59 Å². The number of piperidine rings is 1. The lowest BCUT2D eigenvalue weighted by molar-refractivity contribution is -0.127. The van der Waals surface area contributed by atoms with Gasteiger partial charge in [-0.2, -0.15) is 0 Å². The summed E-state index contributed by atoms with van der Waals surface area (Å²) < 4.78 is 5.29. The van der Waals surface area contributed by atoms with Crippen molar-refractivity contribution >= 4 is 17.6 Å². The van der Waals surface area contributed by atoms with E-state index in [-0.39, 0.29) is 23.9 Å². The highest BCUT2D eigenvalue weighted by Gasteiger charge is 2.35. The maximum atomic E-state index is 13.2. The van der Waals surface area contributed by atoms with Gasteiger partial charge in [0.15, 0.2) is 0 Å². The van der Waals surface area contributed by atoms with Crippen molar-refractivity contribution in [2.45, 2.75) is 32.4 Å². The normalized spacial score (nSPS) is 18.4. The van der Waals surface area contributed by atoms with E-state index < -0.39 is 0 Å². The molecule has 2 N–H and O–H groups in total. The lowest BCUT2D eigenvalue weighted by Gasteiger charge is -2.39. The molecule has 2 unspecified atom stereocenters. The second-order valence-corrected chi connectivity index (χ2v) is 7.95. The number of furan rings is 1. The topological polar surface area (TPSA) is 74.6 Å². The van der Waals surface area contributed by atoms with Crippen molar-refractivity contribution in [3.63, 3.8) is 0 Å². The quantitative estimate of drug-likeness (QED) is 0.621. The molecule has 2 atom stereocenters. The summed E-state index contributed by atoms with van der Waals surface area (Å²) in [5, 5.41) is 5.92. The van der Waals surface area contributed by atoms with Crippen LogP contribution in [0.5, 0.6) is 0 Å². The van der Waals surface area contributed by atoms with Gasteiger partial charge in [-0.15, -0.1) is 0 Å². The Morgan fingerprint density at radius 1 is 1.03 bits per heavy atom. The van der Waals surface area contributed by atoms with E-state index in [0.717, 1.165) is 29.7 Å². The number of hydrogen-bond acceptors (Lipinski definition) is 3. The van der Waals surface area contributed by atoms with Gasteiger partial charge in [-0.3, -0.25) is 4.79 Å². The van der Waals surface area contributed by atoms with Crippen molar-refractivity contribution in [2.24, 2.45) is 5.92 Å². The van der Waals surface area contributed by atoms with Gasteiger partial charge in [0.05, 0.1) is 24.8 Å². The van der Waals surface area contributed by atoms with Crippen LogP contribution in [0.4, 0.5) is 10.5 Å². The number of aryl methyl sites for hydroxylation is 1. The summed E-state index contributed by atoms with van der Waals surface area (Å²) in [5.41, 5.74) is 2.98. The molecule has 6 heteroatoms. The third-order valence-electron chi connectivity index (χ3n) is 5.68. The first kappa shape index (κ1) is 20.7. The van der Waals surface area contributed by atoms with E-state index in [1.807, 2.05) is 55.5 Å². The largest absolute Gasteiger partial charge is 0.467 e. The molecule has 160 valence electrons. The minimum absolute atomic E-state index is 0.0587. The zero-order valence-corrected chi connectivity index (χ0v) is 17.6. The maximum absolute atomic E-state index is 13.2. The Labute approximate surface area is 182 Å². The van der Waals surface area contributed by atoms with Crippen molar-refractivity contribution < 1.29 is 14.0 Å². The summed E-state index contributed by atoms with van der Waals surface area (Å²) in [7, 11) is 0. The van der Waals surface area contributed by atoms with Crippen LogP contribution in [0.1, 0.15) is 35.8 Å². The summed E-state index contributed by atoms with van der Waals surface area (Å²) in [5.74, 6) is 0.384. The van der Waals surface area contributed by atoms with Gasteiger partial charge < -0.3 is 20.0 Å². The molecule has 3 amide bonds. The molecule has 2 aromatic carbocycles. The molecular weight excluding hydrogens is 390 g/mol. The molecule has 1 aliphatic heterocycles. The molecule has 0 spiro atoms. The number of carbonyl (C=O) groups is 2. The highest BCUT2D eigenvalue weighted by molar-refractivity contribution is 5.90. The summed E-state index contributed by atoms with van der Waals surface area (Å²) in [6.07, 6.45) is 3.03. The van der Waals surface area contributed by atoms with Crippen LogP contribution in [0, 0.1) is 12.8 Å². The Bertz CT molecular complexity index is 1020. The van der Waals surface area contributed by atoms with Gasteiger partial charge in [-0.1, -0.05) is 48.0 Å². The van der Waals surface area contributed by atoms with Crippen molar-refractivity contribution in [3.8, 4) is 0 Å². The summed E-state index contributed by atoms with van der Waals surface area (Å²) in [6, 6.07) is 21.0. The number of likely N-dealkylation sites (tertiary alicyclic amines) is 1. The Morgan fingerprint density at radius 2 is 1.87 bits per heavy atom. The fourth-order valence-corrected chi connectivity index (χ4v) is 4.08. The van der Waals surface area contributed by atoms with Crippen LogP contribution in [0.25, 0.3) is 0 Å². The van der Waals surface area contributed by atoms with Crippen molar-refractivity contribution in [1.29, 1.82) is 0 Å². The van der Waals surface area contributed by atoms with E-state index in [0.29, 0.717) is 18.8 Å². The number of amides is 3. The first-order valence-corrected chi connectivity index (χ1v) is 10.6. The van der Waals surface area contributed by atoms with Crippen LogP contribution < -0.4 is 10.6 Å². The van der Waals surface area contributed by atoms with Crippen molar-refractivity contribution in [1.82, 2.24) is 10.2 Å². The maximum Gasteiger partial charge on any atom is 0.322 e. The molecule has 31 heavy (non-hydrogen) atoms. The molecule has 6 nitrogen and oxygen atoms in total. The lowest BCUT2D eigenvalue weighted by atomic mass is 9.88. The fourth-order valence-electron chi connectivity index (χ4n) is 4.08. The van der Waals surface area contributed by atoms with Crippen LogP contribution in [0.3, 0.4) is 0 Å². The predicted octanol–water partition coefficient (Wildman–Crippen LogP) is 4.89. The minimum atomic E-state index is -0.266. The number of rotatable bonds is 5. The second kappa shape index (κ2) is 9.51. The Hall–Kier alpha value is -3.54. The molecule has 1 fully saturated rings. The number of hydrogen-bond donors (Lipinski definition) is 2. The molecule has 0 saturated carbocycles. The Morgan fingerprint density at radius 3 is 2.61 bits per heavy atom. The second-order valence-electron chi connectivity index (χ2n) is 7.95. The molecule has 3 aromatic rings. The third-order valence-corrected chi connectivity index (χ3v) is 5.68. The molecule has 1 aliphatic rings.